The van der Waals surface area contributed by atoms with Crippen molar-refractivity contribution >= 4 is 27.8 Å². The van der Waals surface area contributed by atoms with Gasteiger partial charge in [0.1, 0.15) is 6.04 Å². The quantitative estimate of drug-likeness (QED) is 0.820. The Balaban J connectivity index is 2.14. The topological polar surface area (TPSA) is 73.2 Å². The van der Waals surface area contributed by atoms with E-state index in [0.29, 0.717) is 5.69 Å². The summed E-state index contributed by atoms with van der Waals surface area (Å²) >= 11 is 3.39. The lowest BCUT2D eigenvalue weighted by Gasteiger charge is -2.13. The fourth-order valence-corrected chi connectivity index (χ4v) is 2.28. The molecule has 1 aromatic carbocycles. The third kappa shape index (κ3) is 4.17. The van der Waals surface area contributed by atoms with Crippen LogP contribution in [0.5, 0.6) is 0 Å². The molecule has 0 spiro atoms. The largest absolute Gasteiger partial charge is 0.467 e. The summed E-state index contributed by atoms with van der Waals surface area (Å²) in [4.78, 5) is 27.1. The highest BCUT2D eigenvalue weighted by molar-refractivity contribution is 9.10. The van der Waals surface area contributed by atoms with Crippen molar-refractivity contribution in [3.8, 4) is 5.69 Å². The van der Waals surface area contributed by atoms with E-state index in [2.05, 4.69) is 26.2 Å². The fourth-order valence-electron chi connectivity index (χ4n) is 2.01. The minimum absolute atomic E-state index is 0.274. The van der Waals surface area contributed by atoms with Crippen molar-refractivity contribution in [2.75, 3.05) is 7.11 Å². The number of methoxy groups -OCH3 is 1. The number of hydrogen-bond acceptors (Lipinski definition) is 4. The van der Waals surface area contributed by atoms with E-state index in [4.69, 9.17) is 4.74 Å². The number of imidazole rings is 1. The molecular formula is C15H16BrN3O3. The molecule has 1 aromatic heterocycles. The lowest BCUT2D eigenvalue weighted by atomic mass is 10.1. The third-order valence-electron chi connectivity index (χ3n) is 3.04. The molecule has 6 nitrogen and oxygen atoms in total. The number of carbonyl (C=O) groups is 2. The molecule has 1 N–H and O–H groups in total. The number of nitrogens with one attached hydrogen (secondary N) is 1. The molecule has 0 aliphatic carbocycles. The van der Waals surface area contributed by atoms with Crippen molar-refractivity contribution < 1.29 is 14.3 Å². The number of halogens is 1. The third-order valence-corrected chi connectivity index (χ3v) is 3.57. The SMILES string of the molecule is COC(=O)[C@H](Cc1cn(-c2ccc(Br)cc2)cn1)NC(C)=O. The molecule has 22 heavy (non-hydrogen) atoms. The predicted molar refractivity (Wildman–Crippen MR) is 84.6 cm³/mol. The van der Waals surface area contributed by atoms with Crippen LogP contribution in [0.15, 0.2) is 41.3 Å². The highest BCUT2D eigenvalue weighted by Crippen LogP contribution is 2.15. The second-order valence-electron chi connectivity index (χ2n) is 4.73. The molecule has 0 saturated heterocycles. The van der Waals surface area contributed by atoms with Crippen molar-refractivity contribution in [2.45, 2.75) is 19.4 Å². The summed E-state index contributed by atoms with van der Waals surface area (Å²) in [5, 5.41) is 2.57. The zero-order valence-corrected chi connectivity index (χ0v) is 13.8. The molecule has 0 aliphatic heterocycles. The van der Waals surface area contributed by atoms with E-state index < -0.39 is 12.0 Å². The summed E-state index contributed by atoms with van der Waals surface area (Å²) < 4.78 is 7.54. The minimum Gasteiger partial charge on any atom is -0.467 e. The molecule has 2 aromatic rings. The molecule has 0 unspecified atom stereocenters. The molecule has 0 saturated carbocycles. The Kier molecular flexibility index (Phi) is 5.32. The van der Waals surface area contributed by atoms with Gasteiger partial charge >= 0.3 is 5.97 Å². The van der Waals surface area contributed by atoms with Crippen molar-refractivity contribution in [3.05, 3.63) is 47.0 Å². The molecule has 0 fully saturated rings. The summed E-state index contributed by atoms with van der Waals surface area (Å²) in [7, 11) is 1.29. The van der Waals surface area contributed by atoms with Gasteiger partial charge in [0.25, 0.3) is 0 Å². The van der Waals surface area contributed by atoms with Crippen molar-refractivity contribution in [1.29, 1.82) is 0 Å². The second kappa shape index (κ2) is 7.22. The van der Waals surface area contributed by atoms with Crippen LogP contribution in [0.3, 0.4) is 0 Å². The van der Waals surface area contributed by atoms with Gasteiger partial charge in [-0.15, -0.1) is 0 Å². The number of benzene rings is 1. The van der Waals surface area contributed by atoms with E-state index in [9.17, 15) is 9.59 Å². The first-order valence-corrected chi connectivity index (χ1v) is 7.42. The van der Waals surface area contributed by atoms with Gasteiger partial charge in [-0.05, 0) is 24.3 Å². The van der Waals surface area contributed by atoms with Gasteiger partial charge in [-0.25, -0.2) is 9.78 Å². The van der Waals surface area contributed by atoms with Crippen LogP contribution >= 0.6 is 15.9 Å². The van der Waals surface area contributed by atoms with Gasteiger partial charge in [0.05, 0.1) is 19.1 Å². The number of aromatic nitrogens is 2. The van der Waals surface area contributed by atoms with E-state index >= 15 is 0 Å². The van der Waals surface area contributed by atoms with Gasteiger partial charge in [-0.1, -0.05) is 15.9 Å². The van der Waals surface area contributed by atoms with E-state index in [1.807, 2.05) is 35.0 Å². The summed E-state index contributed by atoms with van der Waals surface area (Å²) in [6.07, 6.45) is 3.76. The number of nitrogens with zero attached hydrogens (tertiary/aromatic N) is 2. The Morgan fingerprint density at radius 3 is 2.64 bits per heavy atom. The average Bonchev–Trinajstić information content (AvgIpc) is 2.94. The smallest absolute Gasteiger partial charge is 0.328 e. The van der Waals surface area contributed by atoms with Gasteiger partial charge in [0, 0.05) is 29.7 Å². The number of rotatable bonds is 5. The average molecular weight is 366 g/mol. The maximum Gasteiger partial charge on any atom is 0.328 e. The monoisotopic (exact) mass is 365 g/mol. The van der Waals surface area contributed by atoms with Crippen molar-refractivity contribution in [3.63, 3.8) is 0 Å². The fraction of sp³-hybridized carbons (Fsp3) is 0.267. The van der Waals surface area contributed by atoms with Crippen LogP contribution in [0.2, 0.25) is 0 Å². The van der Waals surface area contributed by atoms with Gasteiger partial charge in [-0.2, -0.15) is 0 Å². The standard InChI is InChI=1S/C15H16BrN3O3/c1-10(20)18-14(15(21)22-2)7-12-8-19(9-17-12)13-5-3-11(16)4-6-13/h3-6,8-9,14H,7H2,1-2H3,(H,18,20)/t14-/m0/s1. The molecule has 0 radical (unpaired) electrons. The lowest BCUT2D eigenvalue weighted by molar-refractivity contribution is -0.144. The predicted octanol–water partition coefficient (Wildman–Crippen LogP) is 1.85. The highest BCUT2D eigenvalue weighted by Gasteiger charge is 2.21. The van der Waals surface area contributed by atoms with Crippen LogP contribution in [-0.2, 0) is 20.7 Å². The zero-order chi connectivity index (χ0) is 16.1. The Morgan fingerprint density at radius 2 is 2.05 bits per heavy atom. The summed E-state index contributed by atoms with van der Waals surface area (Å²) in [5.74, 6) is -0.781. The molecule has 0 bridgehead atoms. The van der Waals surface area contributed by atoms with Crippen LogP contribution in [0.1, 0.15) is 12.6 Å². The van der Waals surface area contributed by atoms with Crippen LogP contribution < -0.4 is 5.32 Å². The summed E-state index contributed by atoms with van der Waals surface area (Å²) in [6, 6.07) is 7.02. The zero-order valence-electron chi connectivity index (χ0n) is 12.2. The lowest BCUT2D eigenvalue weighted by Crippen LogP contribution is -2.42. The number of esters is 1. The molecule has 2 rings (SSSR count). The minimum atomic E-state index is -0.740. The maximum atomic E-state index is 11.7. The van der Waals surface area contributed by atoms with E-state index in [-0.39, 0.29) is 12.3 Å². The Hall–Kier alpha value is -2.15. The summed E-state index contributed by atoms with van der Waals surface area (Å²) in [5.41, 5.74) is 1.64. The number of ether oxygens (including phenoxy) is 1. The number of carbonyl (C=O) groups excluding carboxylic acids is 2. The van der Waals surface area contributed by atoms with E-state index in [1.54, 1.807) is 6.33 Å². The number of hydrogen-bond donors (Lipinski definition) is 1. The van der Waals surface area contributed by atoms with Crippen LogP contribution in [0.4, 0.5) is 0 Å². The van der Waals surface area contributed by atoms with Gasteiger partial charge in [-0.3, -0.25) is 4.79 Å². The first kappa shape index (κ1) is 16.2. The van der Waals surface area contributed by atoms with Crippen LogP contribution in [-0.4, -0.2) is 34.6 Å². The first-order valence-electron chi connectivity index (χ1n) is 6.63. The van der Waals surface area contributed by atoms with Crippen LogP contribution in [0, 0.1) is 0 Å². The number of amides is 1. The molecule has 1 amide bonds. The normalized spacial score (nSPS) is 11.8. The van der Waals surface area contributed by atoms with Gasteiger partial charge in [0.2, 0.25) is 5.91 Å². The molecule has 1 heterocycles. The van der Waals surface area contributed by atoms with E-state index in [1.165, 1.54) is 14.0 Å². The molecular weight excluding hydrogens is 350 g/mol. The van der Waals surface area contributed by atoms with Gasteiger partial charge in [0.15, 0.2) is 0 Å². The summed E-state index contributed by atoms with van der Waals surface area (Å²) in [6.45, 7) is 1.36. The Morgan fingerprint density at radius 1 is 1.36 bits per heavy atom. The van der Waals surface area contributed by atoms with Crippen molar-refractivity contribution in [2.24, 2.45) is 0 Å². The Labute approximate surface area is 136 Å². The highest BCUT2D eigenvalue weighted by atomic mass is 79.9. The second-order valence-corrected chi connectivity index (χ2v) is 5.64. The molecule has 7 heteroatoms. The van der Waals surface area contributed by atoms with Crippen molar-refractivity contribution in [1.82, 2.24) is 14.9 Å². The van der Waals surface area contributed by atoms with Crippen LogP contribution in [0.25, 0.3) is 5.69 Å². The molecule has 116 valence electrons. The first-order chi connectivity index (χ1) is 10.5. The van der Waals surface area contributed by atoms with Gasteiger partial charge < -0.3 is 14.6 Å². The molecule has 0 aliphatic rings. The molecule has 1 atom stereocenters. The Bertz CT molecular complexity index is 667. The van der Waals surface area contributed by atoms with E-state index in [0.717, 1.165) is 10.2 Å². The maximum absolute atomic E-state index is 11.7.